The number of esters is 1. The average Bonchev–Trinajstić information content (AvgIpc) is 2.51. The van der Waals surface area contributed by atoms with Crippen molar-refractivity contribution in [3.8, 4) is 0 Å². The van der Waals surface area contributed by atoms with Gasteiger partial charge in [-0.05, 0) is 64.5 Å². The number of carbonyl (C=O) groups is 2. The molecular weight excluding hydrogens is 320 g/mol. The second-order valence-corrected chi connectivity index (χ2v) is 7.62. The third-order valence-corrected chi connectivity index (χ3v) is 4.38. The molecule has 1 fully saturated rings. The molecule has 1 amide bonds. The van der Waals surface area contributed by atoms with E-state index in [1.54, 1.807) is 13.1 Å². The molecule has 1 saturated carbocycles. The molecule has 0 saturated heterocycles. The summed E-state index contributed by atoms with van der Waals surface area (Å²) in [4.78, 5) is 29.5. The predicted octanol–water partition coefficient (Wildman–Crippen LogP) is 3.58. The number of anilines is 1. The molecule has 2 rings (SSSR count). The van der Waals surface area contributed by atoms with Gasteiger partial charge in [-0.15, -0.1) is 0 Å². The van der Waals surface area contributed by atoms with Gasteiger partial charge in [-0.25, -0.2) is 9.78 Å². The zero-order chi connectivity index (χ0) is 18.6. The minimum atomic E-state index is -0.538. The first kappa shape index (κ1) is 19.2. The number of aryl methyl sites for hydroxylation is 1. The summed E-state index contributed by atoms with van der Waals surface area (Å²) in [5.41, 5.74) is 0.401. The van der Waals surface area contributed by atoms with Crippen LogP contribution in [0.2, 0.25) is 0 Å². The zero-order valence-electron chi connectivity index (χ0n) is 15.7. The SMILES string of the molecule is COC(=O)C1CC(CCc2cccc(N(C)C(=O)OC(C)(C)C)n2)C1. The predicted molar refractivity (Wildman–Crippen MR) is 95.4 cm³/mol. The van der Waals surface area contributed by atoms with Gasteiger partial charge in [0.1, 0.15) is 11.4 Å². The van der Waals surface area contributed by atoms with Crippen LogP contribution < -0.4 is 4.90 Å². The van der Waals surface area contributed by atoms with Crippen LogP contribution in [0.1, 0.15) is 45.7 Å². The number of ether oxygens (including phenoxy) is 2. The van der Waals surface area contributed by atoms with Crippen molar-refractivity contribution in [3.05, 3.63) is 23.9 Å². The van der Waals surface area contributed by atoms with Crippen LogP contribution in [0.25, 0.3) is 0 Å². The van der Waals surface area contributed by atoms with E-state index in [0.717, 1.165) is 31.4 Å². The highest BCUT2D eigenvalue weighted by Gasteiger charge is 2.34. The number of hydrogen-bond donors (Lipinski definition) is 0. The molecule has 0 unspecified atom stereocenters. The van der Waals surface area contributed by atoms with Gasteiger partial charge in [0.05, 0.1) is 13.0 Å². The van der Waals surface area contributed by atoms with Gasteiger partial charge < -0.3 is 9.47 Å². The lowest BCUT2D eigenvalue weighted by Gasteiger charge is -2.33. The second kappa shape index (κ2) is 7.85. The van der Waals surface area contributed by atoms with E-state index >= 15 is 0 Å². The van der Waals surface area contributed by atoms with Crippen molar-refractivity contribution in [1.82, 2.24) is 4.98 Å². The molecule has 0 radical (unpaired) electrons. The summed E-state index contributed by atoms with van der Waals surface area (Å²) in [6.07, 6.45) is 3.18. The normalized spacial score (nSPS) is 19.7. The number of methoxy groups -OCH3 is 1. The minimum Gasteiger partial charge on any atom is -0.469 e. The molecule has 0 aromatic carbocycles. The van der Waals surface area contributed by atoms with E-state index in [9.17, 15) is 9.59 Å². The summed E-state index contributed by atoms with van der Waals surface area (Å²) >= 11 is 0. The fourth-order valence-corrected chi connectivity index (χ4v) is 2.90. The Morgan fingerprint density at radius 1 is 1.28 bits per heavy atom. The highest BCUT2D eigenvalue weighted by molar-refractivity contribution is 5.85. The van der Waals surface area contributed by atoms with Crippen molar-refractivity contribution in [3.63, 3.8) is 0 Å². The van der Waals surface area contributed by atoms with Gasteiger partial charge in [0.15, 0.2) is 0 Å². The lowest BCUT2D eigenvalue weighted by molar-refractivity contribution is -0.150. The van der Waals surface area contributed by atoms with Gasteiger partial charge >= 0.3 is 12.1 Å². The van der Waals surface area contributed by atoms with E-state index in [1.165, 1.54) is 12.0 Å². The Bertz CT molecular complexity index is 618. The minimum absolute atomic E-state index is 0.0626. The van der Waals surface area contributed by atoms with E-state index in [2.05, 4.69) is 4.98 Å². The van der Waals surface area contributed by atoms with E-state index in [1.807, 2.05) is 32.9 Å². The quantitative estimate of drug-likeness (QED) is 0.761. The number of rotatable bonds is 5. The van der Waals surface area contributed by atoms with Crippen molar-refractivity contribution in [2.75, 3.05) is 19.1 Å². The molecular formula is C19H28N2O4. The first-order chi connectivity index (χ1) is 11.7. The molecule has 1 aliphatic carbocycles. The van der Waals surface area contributed by atoms with Crippen LogP contribution in [0.5, 0.6) is 0 Å². The summed E-state index contributed by atoms with van der Waals surface area (Å²) < 4.78 is 10.1. The summed E-state index contributed by atoms with van der Waals surface area (Å²) in [6, 6.07) is 5.66. The van der Waals surface area contributed by atoms with Crippen LogP contribution in [-0.2, 0) is 20.7 Å². The second-order valence-electron chi connectivity index (χ2n) is 7.62. The fourth-order valence-electron chi connectivity index (χ4n) is 2.90. The Kier molecular flexibility index (Phi) is 6.03. The van der Waals surface area contributed by atoms with Crippen LogP contribution in [0, 0.1) is 11.8 Å². The smallest absolute Gasteiger partial charge is 0.415 e. The standard InChI is InChI=1S/C19H28N2O4/c1-19(2,3)25-18(23)21(4)16-8-6-7-15(20-16)10-9-13-11-14(12-13)17(22)24-5/h6-8,13-14H,9-12H2,1-5H3. The maximum Gasteiger partial charge on any atom is 0.415 e. The number of aromatic nitrogens is 1. The Hall–Kier alpha value is -2.11. The molecule has 0 atom stereocenters. The number of amides is 1. The first-order valence-corrected chi connectivity index (χ1v) is 8.70. The van der Waals surface area contributed by atoms with E-state index < -0.39 is 11.7 Å². The molecule has 0 spiro atoms. The molecule has 1 aliphatic rings. The molecule has 1 heterocycles. The number of nitrogens with zero attached hydrogens (tertiary/aromatic N) is 2. The molecule has 6 heteroatoms. The largest absolute Gasteiger partial charge is 0.469 e. The Balaban J connectivity index is 1.87. The Morgan fingerprint density at radius 3 is 2.56 bits per heavy atom. The molecule has 0 aliphatic heterocycles. The third-order valence-electron chi connectivity index (χ3n) is 4.38. The third kappa shape index (κ3) is 5.44. The van der Waals surface area contributed by atoms with Crippen LogP contribution >= 0.6 is 0 Å². The maximum atomic E-state index is 12.1. The van der Waals surface area contributed by atoms with Crippen LogP contribution in [0.4, 0.5) is 10.6 Å². The number of pyridine rings is 1. The number of carbonyl (C=O) groups excluding carboxylic acids is 2. The fraction of sp³-hybridized carbons (Fsp3) is 0.632. The van der Waals surface area contributed by atoms with E-state index in [-0.39, 0.29) is 11.9 Å². The van der Waals surface area contributed by atoms with Crippen LogP contribution in [0.3, 0.4) is 0 Å². The van der Waals surface area contributed by atoms with Crippen molar-refractivity contribution in [1.29, 1.82) is 0 Å². The van der Waals surface area contributed by atoms with Crippen molar-refractivity contribution in [2.45, 2.75) is 52.1 Å². The monoisotopic (exact) mass is 348 g/mol. The number of hydrogen-bond acceptors (Lipinski definition) is 5. The topological polar surface area (TPSA) is 68.7 Å². The van der Waals surface area contributed by atoms with Gasteiger partial charge in [-0.3, -0.25) is 9.69 Å². The Morgan fingerprint density at radius 2 is 1.96 bits per heavy atom. The van der Waals surface area contributed by atoms with Crippen LogP contribution in [-0.4, -0.2) is 36.8 Å². The summed E-state index contributed by atoms with van der Waals surface area (Å²) in [5, 5.41) is 0. The molecule has 6 nitrogen and oxygen atoms in total. The van der Waals surface area contributed by atoms with Gasteiger partial charge in [0.2, 0.25) is 0 Å². The average molecular weight is 348 g/mol. The lowest BCUT2D eigenvalue weighted by atomic mass is 9.72. The van der Waals surface area contributed by atoms with Crippen molar-refractivity contribution >= 4 is 17.9 Å². The lowest BCUT2D eigenvalue weighted by Crippen LogP contribution is -2.34. The van der Waals surface area contributed by atoms with Gasteiger partial charge in [-0.2, -0.15) is 0 Å². The molecule has 0 N–H and O–H groups in total. The van der Waals surface area contributed by atoms with Gasteiger partial charge in [-0.1, -0.05) is 6.07 Å². The van der Waals surface area contributed by atoms with Crippen molar-refractivity contribution < 1.29 is 19.1 Å². The molecule has 138 valence electrons. The summed E-state index contributed by atoms with van der Waals surface area (Å²) in [5.74, 6) is 1.08. The van der Waals surface area contributed by atoms with Gasteiger partial charge in [0, 0.05) is 12.7 Å². The zero-order valence-corrected chi connectivity index (χ0v) is 15.7. The maximum absolute atomic E-state index is 12.1. The summed E-state index contributed by atoms with van der Waals surface area (Å²) in [6.45, 7) is 5.51. The Labute approximate surface area is 149 Å². The molecule has 0 bridgehead atoms. The molecule has 1 aromatic rings. The highest BCUT2D eigenvalue weighted by Crippen LogP contribution is 2.37. The summed E-state index contributed by atoms with van der Waals surface area (Å²) in [7, 11) is 3.10. The van der Waals surface area contributed by atoms with Crippen LogP contribution in [0.15, 0.2) is 18.2 Å². The highest BCUT2D eigenvalue weighted by atomic mass is 16.6. The molecule has 25 heavy (non-hydrogen) atoms. The van der Waals surface area contributed by atoms with E-state index in [0.29, 0.717) is 11.7 Å². The van der Waals surface area contributed by atoms with Crippen molar-refractivity contribution in [2.24, 2.45) is 11.8 Å². The first-order valence-electron chi connectivity index (χ1n) is 8.70. The van der Waals surface area contributed by atoms with Gasteiger partial charge in [0.25, 0.3) is 0 Å². The van der Waals surface area contributed by atoms with E-state index in [4.69, 9.17) is 9.47 Å². The molecule has 1 aromatic heterocycles.